The Kier molecular flexibility index (Phi) is 3.89. The summed E-state index contributed by atoms with van der Waals surface area (Å²) in [5.74, 6) is -0.586. The lowest BCUT2D eigenvalue weighted by atomic mass is 9.86. The minimum Gasteiger partial charge on any atom is -0.330 e. The monoisotopic (exact) mass is 259 g/mol. The number of nitrogens with two attached hydrogens (primary N) is 1. The molecule has 0 radical (unpaired) electrons. The molecule has 0 spiro atoms. The standard InChI is InChI=1S/C12H16F3N3/c13-12(14,15)11-9(6-7-16)10(17-18-11)8-4-2-1-3-5-8/h1-5,9-11,17-18H,6-7,16H2. The second-order valence-corrected chi connectivity index (χ2v) is 4.44. The van der Waals surface area contributed by atoms with E-state index in [1.807, 2.05) is 30.3 Å². The summed E-state index contributed by atoms with van der Waals surface area (Å²) in [6.45, 7) is 0.240. The van der Waals surface area contributed by atoms with E-state index in [4.69, 9.17) is 5.73 Å². The highest BCUT2D eigenvalue weighted by molar-refractivity contribution is 5.21. The molecule has 1 aromatic rings. The van der Waals surface area contributed by atoms with Crippen molar-refractivity contribution in [3.8, 4) is 0 Å². The first-order valence-corrected chi connectivity index (χ1v) is 5.87. The van der Waals surface area contributed by atoms with Gasteiger partial charge in [-0.25, -0.2) is 10.9 Å². The molecule has 1 saturated heterocycles. The summed E-state index contributed by atoms with van der Waals surface area (Å²) >= 11 is 0. The van der Waals surface area contributed by atoms with Gasteiger partial charge in [0.05, 0.1) is 6.04 Å². The molecule has 1 aliphatic heterocycles. The molecule has 3 nitrogen and oxygen atoms in total. The lowest BCUT2D eigenvalue weighted by Gasteiger charge is -2.24. The van der Waals surface area contributed by atoms with Crippen molar-refractivity contribution < 1.29 is 13.2 Å². The summed E-state index contributed by atoms with van der Waals surface area (Å²) in [5.41, 5.74) is 11.4. The van der Waals surface area contributed by atoms with Crippen LogP contribution in [0.1, 0.15) is 18.0 Å². The molecule has 0 aromatic heterocycles. The number of hydrogen-bond acceptors (Lipinski definition) is 3. The van der Waals surface area contributed by atoms with Crippen molar-refractivity contribution in [2.24, 2.45) is 11.7 Å². The molecule has 0 saturated carbocycles. The van der Waals surface area contributed by atoms with Crippen LogP contribution in [0.2, 0.25) is 0 Å². The van der Waals surface area contributed by atoms with Gasteiger partial charge >= 0.3 is 6.18 Å². The minimum atomic E-state index is -4.27. The van der Waals surface area contributed by atoms with Gasteiger partial charge < -0.3 is 5.73 Å². The summed E-state index contributed by atoms with van der Waals surface area (Å²) < 4.78 is 38.6. The molecule has 1 aromatic carbocycles. The molecule has 0 bridgehead atoms. The van der Waals surface area contributed by atoms with Crippen LogP contribution < -0.4 is 16.6 Å². The molecule has 1 fully saturated rings. The fourth-order valence-corrected chi connectivity index (χ4v) is 2.43. The van der Waals surface area contributed by atoms with Crippen molar-refractivity contribution in [1.29, 1.82) is 0 Å². The third kappa shape index (κ3) is 2.66. The zero-order chi connectivity index (χ0) is 13.2. The number of nitrogens with one attached hydrogen (secondary N) is 2. The van der Waals surface area contributed by atoms with Gasteiger partial charge in [0, 0.05) is 5.92 Å². The zero-order valence-electron chi connectivity index (χ0n) is 9.74. The average Bonchev–Trinajstić information content (AvgIpc) is 2.74. The highest BCUT2D eigenvalue weighted by Gasteiger charge is 2.50. The molecular weight excluding hydrogens is 243 g/mol. The quantitative estimate of drug-likeness (QED) is 0.775. The van der Waals surface area contributed by atoms with E-state index >= 15 is 0 Å². The Balaban J connectivity index is 2.22. The molecule has 3 atom stereocenters. The van der Waals surface area contributed by atoms with Gasteiger partial charge in [0.1, 0.15) is 6.04 Å². The molecule has 0 amide bonds. The Bertz CT molecular complexity index is 380. The summed E-state index contributed by atoms with van der Waals surface area (Å²) in [6, 6.07) is 7.20. The Hall–Kier alpha value is -1.11. The molecule has 4 N–H and O–H groups in total. The van der Waals surface area contributed by atoms with Crippen LogP contribution in [0.3, 0.4) is 0 Å². The Labute approximate surface area is 104 Å². The van der Waals surface area contributed by atoms with Gasteiger partial charge in [-0.15, -0.1) is 0 Å². The van der Waals surface area contributed by atoms with E-state index in [1.54, 1.807) is 0 Å². The normalized spacial score (nSPS) is 28.6. The van der Waals surface area contributed by atoms with Gasteiger partial charge in [-0.3, -0.25) is 0 Å². The van der Waals surface area contributed by atoms with Crippen LogP contribution in [0.4, 0.5) is 13.2 Å². The third-order valence-electron chi connectivity index (χ3n) is 3.26. The third-order valence-corrected chi connectivity index (χ3v) is 3.26. The van der Waals surface area contributed by atoms with Gasteiger partial charge in [0.25, 0.3) is 0 Å². The highest BCUT2D eigenvalue weighted by Crippen LogP contribution is 2.38. The molecule has 100 valence electrons. The van der Waals surface area contributed by atoms with Crippen LogP contribution in [0.25, 0.3) is 0 Å². The van der Waals surface area contributed by atoms with Crippen LogP contribution in [-0.2, 0) is 0 Å². The first-order chi connectivity index (χ1) is 8.54. The molecule has 1 aliphatic rings. The fourth-order valence-electron chi connectivity index (χ4n) is 2.43. The second-order valence-electron chi connectivity index (χ2n) is 4.44. The van der Waals surface area contributed by atoms with Gasteiger partial charge in [0.2, 0.25) is 0 Å². The molecule has 0 aliphatic carbocycles. The number of hydrogen-bond donors (Lipinski definition) is 3. The van der Waals surface area contributed by atoms with Crippen LogP contribution in [0.15, 0.2) is 30.3 Å². The maximum absolute atomic E-state index is 12.9. The summed E-state index contributed by atoms with van der Waals surface area (Å²) in [7, 11) is 0. The maximum atomic E-state index is 12.9. The van der Waals surface area contributed by atoms with E-state index in [1.165, 1.54) is 0 Å². The largest absolute Gasteiger partial charge is 0.405 e. The van der Waals surface area contributed by atoms with Crippen LogP contribution >= 0.6 is 0 Å². The number of rotatable bonds is 3. The second kappa shape index (κ2) is 5.26. The molecule has 2 rings (SSSR count). The van der Waals surface area contributed by atoms with Crippen LogP contribution in [0, 0.1) is 5.92 Å². The van der Waals surface area contributed by atoms with E-state index in [2.05, 4.69) is 10.9 Å². The summed E-state index contributed by atoms with van der Waals surface area (Å²) in [5, 5.41) is 0. The van der Waals surface area contributed by atoms with E-state index in [0.717, 1.165) is 5.56 Å². The highest BCUT2D eigenvalue weighted by atomic mass is 19.4. The molecule has 18 heavy (non-hydrogen) atoms. The van der Waals surface area contributed by atoms with E-state index < -0.39 is 18.1 Å². The summed E-state index contributed by atoms with van der Waals surface area (Å²) in [4.78, 5) is 0. The maximum Gasteiger partial charge on any atom is 0.405 e. The zero-order valence-corrected chi connectivity index (χ0v) is 9.74. The Morgan fingerprint density at radius 3 is 2.33 bits per heavy atom. The van der Waals surface area contributed by atoms with Gasteiger partial charge in [-0.05, 0) is 18.5 Å². The smallest absolute Gasteiger partial charge is 0.330 e. The first-order valence-electron chi connectivity index (χ1n) is 5.87. The predicted octanol–water partition coefficient (Wildman–Crippen LogP) is 1.73. The topological polar surface area (TPSA) is 50.1 Å². The first kappa shape index (κ1) is 13.3. The molecule has 3 unspecified atom stereocenters. The Morgan fingerprint density at radius 1 is 1.11 bits per heavy atom. The van der Waals surface area contributed by atoms with Gasteiger partial charge in [-0.2, -0.15) is 13.2 Å². The van der Waals surface area contributed by atoms with Gasteiger partial charge in [-0.1, -0.05) is 30.3 Å². The van der Waals surface area contributed by atoms with Crippen LogP contribution in [-0.4, -0.2) is 18.8 Å². The fraction of sp³-hybridized carbons (Fsp3) is 0.500. The van der Waals surface area contributed by atoms with E-state index in [9.17, 15) is 13.2 Å². The number of halogens is 3. The van der Waals surface area contributed by atoms with Crippen LogP contribution in [0.5, 0.6) is 0 Å². The lowest BCUT2D eigenvalue weighted by Crippen LogP contribution is -2.44. The van der Waals surface area contributed by atoms with Crippen molar-refractivity contribution in [2.45, 2.75) is 24.7 Å². The van der Waals surface area contributed by atoms with Crippen molar-refractivity contribution in [3.05, 3.63) is 35.9 Å². The average molecular weight is 259 g/mol. The number of benzene rings is 1. The predicted molar refractivity (Wildman–Crippen MR) is 62.5 cm³/mol. The van der Waals surface area contributed by atoms with Gasteiger partial charge in [0.15, 0.2) is 0 Å². The SMILES string of the molecule is NCCC1C(c2ccccc2)NNC1C(F)(F)F. The Morgan fingerprint density at radius 2 is 1.78 bits per heavy atom. The molecule has 6 heteroatoms. The molecule has 1 heterocycles. The van der Waals surface area contributed by atoms with E-state index in [-0.39, 0.29) is 12.6 Å². The van der Waals surface area contributed by atoms with Crippen molar-refractivity contribution in [1.82, 2.24) is 10.9 Å². The lowest BCUT2D eigenvalue weighted by molar-refractivity contribution is -0.162. The van der Waals surface area contributed by atoms with Crippen molar-refractivity contribution in [2.75, 3.05) is 6.54 Å². The summed E-state index contributed by atoms with van der Waals surface area (Å²) in [6.07, 6.45) is -3.94. The molecular formula is C12H16F3N3. The number of alkyl halides is 3. The van der Waals surface area contributed by atoms with Crippen molar-refractivity contribution >= 4 is 0 Å². The minimum absolute atomic E-state index is 0.240. The van der Waals surface area contributed by atoms with Crippen molar-refractivity contribution in [3.63, 3.8) is 0 Å². The number of hydrazine groups is 1. The van der Waals surface area contributed by atoms with E-state index in [0.29, 0.717) is 6.42 Å².